The number of carbonyl (C=O) groups excluding carboxylic acids is 1. The number of hydrogen-bond donors (Lipinski definition) is 2. The predicted molar refractivity (Wildman–Crippen MR) is 67.7 cm³/mol. The van der Waals surface area contributed by atoms with Gasteiger partial charge in [0.25, 0.3) is 0 Å². The topological polar surface area (TPSA) is 66.4 Å². The lowest BCUT2D eigenvalue weighted by atomic mass is 9.74. The van der Waals surface area contributed by atoms with Crippen molar-refractivity contribution >= 4 is 11.9 Å². The maximum absolute atomic E-state index is 11.9. The van der Waals surface area contributed by atoms with E-state index in [1.807, 2.05) is 0 Å². The Morgan fingerprint density at radius 1 is 1.12 bits per heavy atom. The molecule has 0 aliphatic carbocycles. The van der Waals surface area contributed by atoms with Crippen LogP contribution >= 0.6 is 0 Å². The van der Waals surface area contributed by atoms with Gasteiger partial charge in [0.2, 0.25) is 5.91 Å². The largest absolute Gasteiger partial charge is 0.481 e. The van der Waals surface area contributed by atoms with Crippen LogP contribution in [-0.2, 0) is 9.59 Å². The van der Waals surface area contributed by atoms with Crippen molar-refractivity contribution in [2.45, 2.75) is 53.9 Å². The Hall–Kier alpha value is -1.06. The quantitative estimate of drug-likeness (QED) is 0.675. The second-order valence-corrected chi connectivity index (χ2v) is 5.86. The van der Waals surface area contributed by atoms with Crippen LogP contribution in [0, 0.1) is 10.8 Å². The Bertz CT molecular complexity index is 282. The molecule has 0 aliphatic heterocycles. The third-order valence-corrected chi connectivity index (χ3v) is 2.89. The SMILES string of the molecule is CCCCNC(=O)C(C)(C)CC(C)(C)C(=O)O. The first-order valence-corrected chi connectivity index (χ1v) is 6.15. The molecule has 0 aromatic heterocycles. The van der Waals surface area contributed by atoms with E-state index in [1.165, 1.54) is 0 Å². The second-order valence-electron chi connectivity index (χ2n) is 5.86. The van der Waals surface area contributed by atoms with Crippen LogP contribution in [0.1, 0.15) is 53.9 Å². The number of rotatable bonds is 7. The molecule has 4 heteroatoms. The Labute approximate surface area is 104 Å². The summed E-state index contributed by atoms with van der Waals surface area (Å²) in [6.45, 7) is 9.60. The minimum absolute atomic E-state index is 0.0692. The first-order chi connectivity index (χ1) is 7.63. The average Bonchev–Trinajstić information content (AvgIpc) is 2.16. The molecular formula is C13H25NO3. The molecular weight excluding hydrogens is 218 g/mol. The molecule has 0 spiro atoms. The summed E-state index contributed by atoms with van der Waals surface area (Å²) in [5, 5.41) is 11.9. The summed E-state index contributed by atoms with van der Waals surface area (Å²) in [5.74, 6) is -0.938. The number of carbonyl (C=O) groups is 2. The van der Waals surface area contributed by atoms with Crippen LogP contribution in [0.15, 0.2) is 0 Å². The third kappa shape index (κ3) is 5.20. The molecule has 4 nitrogen and oxygen atoms in total. The van der Waals surface area contributed by atoms with Gasteiger partial charge in [0.1, 0.15) is 0 Å². The highest BCUT2D eigenvalue weighted by Gasteiger charge is 2.38. The number of carboxylic acids is 1. The average molecular weight is 243 g/mol. The minimum atomic E-state index is -0.883. The highest BCUT2D eigenvalue weighted by atomic mass is 16.4. The molecule has 2 N–H and O–H groups in total. The summed E-state index contributed by atoms with van der Waals surface area (Å²) >= 11 is 0. The fourth-order valence-electron chi connectivity index (χ4n) is 1.88. The van der Waals surface area contributed by atoms with Crippen LogP contribution in [0.3, 0.4) is 0 Å². The van der Waals surface area contributed by atoms with E-state index in [-0.39, 0.29) is 5.91 Å². The molecule has 100 valence electrons. The minimum Gasteiger partial charge on any atom is -0.481 e. The van der Waals surface area contributed by atoms with Gasteiger partial charge in [-0.1, -0.05) is 27.2 Å². The first kappa shape index (κ1) is 15.9. The highest BCUT2D eigenvalue weighted by molar-refractivity contribution is 5.83. The molecule has 0 fully saturated rings. The van der Waals surface area contributed by atoms with Crippen LogP contribution in [0.5, 0.6) is 0 Å². The van der Waals surface area contributed by atoms with E-state index in [9.17, 15) is 9.59 Å². The van der Waals surface area contributed by atoms with Crippen molar-refractivity contribution in [1.29, 1.82) is 0 Å². The van der Waals surface area contributed by atoms with E-state index in [0.717, 1.165) is 12.8 Å². The number of carboxylic acid groups (broad SMARTS) is 1. The predicted octanol–water partition coefficient (Wildman–Crippen LogP) is 2.43. The lowest BCUT2D eigenvalue weighted by molar-refractivity contribution is -0.149. The molecule has 0 atom stereocenters. The summed E-state index contributed by atoms with van der Waals surface area (Å²) in [7, 11) is 0. The summed E-state index contributed by atoms with van der Waals surface area (Å²) in [4.78, 5) is 23.0. The van der Waals surface area contributed by atoms with Crippen LogP contribution in [0.4, 0.5) is 0 Å². The van der Waals surface area contributed by atoms with Crippen molar-refractivity contribution in [3.05, 3.63) is 0 Å². The summed E-state index contributed by atoms with van der Waals surface area (Å²) < 4.78 is 0. The normalized spacial score (nSPS) is 12.3. The molecule has 0 aliphatic rings. The summed E-state index contributed by atoms with van der Waals surface area (Å²) in [6, 6.07) is 0. The van der Waals surface area contributed by atoms with Gasteiger partial charge in [-0.05, 0) is 26.7 Å². The van der Waals surface area contributed by atoms with E-state index in [2.05, 4.69) is 12.2 Å². The Morgan fingerprint density at radius 3 is 2.06 bits per heavy atom. The van der Waals surface area contributed by atoms with Crippen molar-refractivity contribution < 1.29 is 14.7 Å². The Kier molecular flexibility index (Phi) is 5.66. The number of unbranched alkanes of at least 4 members (excludes halogenated alkanes) is 1. The van der Waals surface area contributed by atoms with E-state index in [4.69, 9.17) is 5.11 Å². The molecule has 0 unspecified atom stereocenters. The maximum atomic E-state index is 11.9. The Morgan fingerprint density at radius 2 is 1.65 bits per heavy atom. The molecule has 0 aromatic carbocycles. The number of aliphatic carboxylic acids is 1. The fraction of sp³-hybridized carbons (Fsp3) is 0.846. The van der Waals surface area contributed by atoms with Crippen molar-refractivity contribution in [1.82, 2.24) is 5.32 Å². The monoisotopic (exact) mass is 243 g/mol. The summed E-state index contributed by atoms with van der Waals surface area (Å²) in [5.41, 5.74) is -1.54. The van der Waals surface area contributed by atoms with Crippen LogP contribution in [0.25, 0.3) is 0 Å². The van der Waals surface area contributed by atoms with Crippen LogP contribution in [-0.4, -0.2) is 23.5 Å². The Balaban J connectivity index is 4.46. The van der Waals surface area contributed by atoms with E-state index in [1.54, 1.807) is 27.7 Å². The molecule has 1 amide bonds. The molecule has 0 saturated heterocycles. The van der Waals surface area contributed by atoms with Crippen molar-refractivity contribution in [2.24, 2.45) is 10.8 Å². The molecule has 0 saturated carbocycles. The molecule has 0 radical (unpaired) electrons. The molecule has 0 heterocycles. The van der Waals surface area contributed by atoms with Gasteiger partial charge in [-0.3, -0.25) is 9.59 Å². The van der Waals surface area contributed by atoms with Gasteiger partial charge < -0.3 is 10.4 Å². The zero-order valence-corrected chi connectivity index (χ0v) is 11.6. The van der Waals surface area contributed by atoms with Crippen molar-refractivity contribution in [3.63, 3.8) is 0 Å². The van der Waals surface area contributed by atoms with Crippen LogP contribution in [0.2, 0.25) is 0 Å². The van der Waals surface area contributed by atoms with E-state index >= 15 is 0 Å². The first-order valence-electron chi connectivity index (χ1n) is 6.15. The number of hydrogen-bond acceptors (Lipinski definition) is 2. The summed E-state index contributed by atoms with van der Waals surface area (Å²) in [6.07, 6.45) is 2.30. The maximum Gasteiger partial charge on any atom is 0.309 e. The third-order valence-electron chi connectivity index (χ3n) is 2.89. The lowest BCUT2D eigenvalue weighted by Crippen LogP contribution is -2.41. The number of amides is 1. The highest BCUT2D eigenvalue weighted by Crippen LogP contribution is 2.33. The lowest BCUT2D eigenvalue weighted by Gasteiger charge is -2.31. The smallest absolute Gasteiger partial charge is 0.309 e. The zero-order valence-electron chi connectivity index (χ0n) is 11.6. The van der Waals surface area contributed by atoms with Gasteiger partial charge in [0.05, 0.1) is 5.41 Å². The zero-order chi connectivity index (χ0) is 13.7. The van der Waals surface area contributed by atoms with E-state index < -0.39 is 16.8 Å². The van der Waals surface area contributed by atoms with E-state index in [0.29, 0.717) is 13.0 Å². The van der Waals surface area contributed by atoms with Crippen molar-refractivity contribution in [2.75, 3.05) is 6.54 Å². The van der Waals surface area contributed by atoms with Gasteiger partial charge in [-0.2, -0.15) is 0 Å². The van der Waals surface area contributed by atoms with Gasteiger partial charge in [-0.25, -0.2) is 0 Å². The fourth-order valence-corrected chi connectivity index (χ4v) is 1.88. The standard InChI is InChI=1S/C13H25NO3/c1-6-7-8-14-10(15)12(2,3)9-13(4,5)11(16)17/h6-9H2,1-5H3,(H,14,15)(H,16,17). The second kappa shape index (κ2) is 6.03. The van der Waals surface area contributed by atoms with Gasteiger partial charge in [0.15, 0.2) is 0 Å². The van der Waals surface area contributed by atoms with Gasteiger partial charge in [-0.15, -0.1) is 0 Å². The number of nitrogens with one attached hydrogen (secondary N) is 1. The van der Waals surface area contributed by atoms with Gasteiger partial charge in [0, 0.05) is 12.0 Å². The van der Waals surface area contributed by atoms with Crippen LogP contribution < -0.4 is 5.32 Å². The molecule has 0 aromatic rings. The molecule has 0 bridgehead atoms. The van der Waals surface area contributed by atoms with Crippen molar-refractivity contribution in [3.8, 4) is 0 Å². The molecule has 17 heavy (non-hydrogen) atoms. The molecule has 0 rings (SSSR count). The van der Waals surface area contributed by atoms with Gasteiger partial charge >= 0.3 is 5.97 Å².